The smallest absolute Gasteiger partial charge is 0.408 e. The van der Waals surface area contributed by atoms with Crippen molar-refractivity contribution in [3.8, 4) is 22.9 Å². The van der Waals surface area contributed by atoms with Gasteiger partial charge >= 0.3 is 12.1 Å². The largest absolute Gasteiger partial charge is 0.508 e. The number of hydrogen-bond acceptors (Lipinski definition) is 8. The predicted octanol–water partition coefficient (Wildman–Crippen LogP) is 4.77. The van der Waals surface area contributed by atoms with Gasteiger partial charge in [-0.3, -0.25) is 9.59 Å². The maximum Gasteiger partial charge on any atom is 0.408 e. The van der Waals surface area contributed by atoms with Gasteiger partial charge in [0.25, 0.3) is 0 Å². The van der Waals surface area contributed by atoms with Crippen molar-refractivity contribution in [1.29, 1.82) is 5.26 Å². The van der Waals surface area contributed by atoms with Gasteiger partial charge in [-0.25, -0.2) is 4.79 Å². The number of nitriles is 1. The average molecular weight is 620 g/mol. The second kappa shape index (κ2) is 14.9. The Balaban J connectivity index is 1.94. The van der Waals surface area contributed by atoms with Gasteiger partial charge in [-0.15, -0.1) is 0 Å². The number of nitrogens with zero attached hydrogens (tertiary/aromatic N) is 2. The Kier molecular flexibility index (Phi) is 11.6. The third-order valence-electron chi connectivity index (χ3n) is 6.96. The number of nitrogens with two attached hydrogens (primary N) is 1. The predicted molar refractivity (Wildman–Crippen MR) is 172 cm³/mol. The second-order valence-corrected chi connectivity index (χ2v) is 13.0. The van der Waals surface area contributed by atoms with Gasteiger partial charge in [-0.05, 0) is 75.0 Å². The molecule has 3 aromatic rings. The van der Waals surface area contributed by atoms with Crippen LogP contribution in [-0.4, -0.2) is 59.0 Å². The second-order valence-electron chi connectivity index (χ2n) is 13.0. The summed E-state index contributed by atoms with van der Waals surface area (Å²) in [6.45, 7) is 12.2. The molecular formula is C34H45N5O6. The number of esters is 1. The zero-order chi connectivity index (χ0) is 33.4. The standard InChI is InChI=1S/C34H45N5O6/c1-22(40)44-21-34(5,6)20-39-19-26(18-36)28-10-9-24(17-30(28)39)25-13-23(14-27(41)16-25)15-29(31(42)37-12-8-7-11-35)38-32(43)45-33(2,3)4/h9-10,13-14,16-17,19,29,41H,7-8,11-12,15,20-21,35H2,1-6H3,(H,37,42)(H,38,43). The van der Waals surface area contributed by atoms with Gasteiger partial charge in [0.15, 0.2) is 0 Å². The topological polar surface area (TPSA) is 169 Å². The van der Waals surface area contributed by atoms with E-state index in [-0.39, 0.29) is 30.7 Å². The normalized spacial score (nSPS) is 12.3. The van der Waals surface area contributed by atoms with E-state index >= 15 is 0 Å². The Hall–Kier alpha value is -4.56. The van der Waals surface area contributed by atoms with Crippen LogP contribution in [0.15, 0.2) is 42.6 Å². The Morgan fingerprint density at radius 2 is 1.80 bits per heavy atom. The van der Waals surface area contributed by atoms with E-state index in [4.69, 9.17) is 15.2 Å². The summed E-state index contributed by atoms with van der Waals surface area (Å²) in [5.74, 6) is -0.729. The number of alkyl carbamates (subject to hydrolysis) is 1. The molecule has 1 atom stereocenters. The zero-order valence-corrected chi connectivity index (χ0v) is 27.0. The van der Waals surface area contributed by atoms with Crippen LogP contribution in [0.5, 0.6) is 5.75 Å². The fourth-order valence-corrected chi connectivity index (χ4v) is 4.95. The molecular weight excluding hydrogens is 574 g/mol. The number of carbonyl (C=O) groups excluding carboxylic acids is 3. The van der Waals surface area contributed by atoms with E-state index in [0.717, 1.165) is 22.9 Å². The molecule has 0 saturated heterocycles. The molecule has 0 bridgehead atoms. The Morgan fingerprint density at radius 3 is 2.44 bits per heavy atom. The molecule has 2 aromatic carbocycles. The van der Waals surface area contributed by atoms with Crippen LogP contribution in [0.4, 0.5) is 4.79 Å². The molecule has 2 amide bonds. The summed E-state index contributed by atoms with van der Waals surface area (Å²) in [5.41, 5.74) is 7.84. The number of benzene rings is 2. The average Bonchev–Trinajstić information content (AvgIpc) is 3.28. The van der Waals surface area contributed by atoms with Crippen LogP contribution in [0.25, 0.3) is 22.0 Å². The fourth-order valence-electron chi connectivity index (χ4n) is 4.95. The van der Waals surface area contributed by atoms with E-state index in [1.807, 2.05) is 42.7 Å². The van der Waals surface area contributed by atoms with Crippen LogP contribution < -0.4 is 16.4 Å². The quantitative estimate of drug-likeness (QED) is 0.157. The summed E-state index contributed by atoms with van der Waals surface area (Å²) in [6, 6.07) is 12.0. The van der Waals surface area contributed by atoms with E-state index < -0.39 is 23.2 Å². The molecule has 1 heterocycles. The number of amides is 2. The van der Waals surface area contributed by atoms with Crippen molar-refractivity contribution in [2.24, 2.45) is 11.1 Å². The Bertz CT molecular complexity index is 1560. The molecule has 11 nitrogen and oxygen atoms in total. The summed E-state index contributed by atoms with van der Waals surface area (Å²) in [5, 5.41) is 26.8. The minimum absolute atomic E-state index is 0.00224. The lowest BCUT2D eigenvalue weighted by Crippen LogP contribution is -2.49. The molecule has 11 heteroatoms. The first-order valence-electron chi connectivity index (χ1n) is 15.1. The highest BCUT2D eigenvalue weighted by molar-refractivity contribution is 5.90. The van der Waals surface area contributed by atoms with Crippen LogP contribution in [0.2, 0.25) is 0 Å². The van der Waals surface area contributed by atoms with Crippen molar-refractivity contribution < 1.29 is 29.0 Å². The Morgan fingerprint density at radius 1 is 1.07 bits per heavy atom. The number of nitrogens with one attached hydrogen (secondary N) is 2. The first-order valence-corrected chi connectivity index (χ1v) is 15.1. The van der Waals surface area contributed by atoms with Gasteiger partial charge in [-0.1, -0.05) is 32.0 Å². The molecule has 45 heavy (non-hydrogen) atoms. The molecule has 0 radical (unpaired) electrons. The highest BCUT2D eigenvalue weighted by Gasteiger charge is 2.26. The highest BCUT2D eigenvalue weighted by Crippen LogP contribution is 2.32. The molecule has 5 N–H and O–H groups in total. The van der Waals surface area contributed by atoms with Gasteiger partial charge in [0.2, 0.25) is 5.91 Å². The van der Waals surface area contributed by atoms with Crippen molar-refractivity contribution in [2.75, 3.05) is 19.7 Å². The van der Waals surface area contributed by atoms with Crippen molar-refractivity contribution in [3.05, 3.63) is 53.7 Å². The number of phenols is 1. The van der Waals surface area contributed by atoms with Crippen LogP contribution in [0, 0.1) is 16.7 Å². The third-order valence-corrected chi connectivity index (χ3v) is 6.96. The first kappa shape index (κ1) is 34.9. The van der Waals surface area contributed by atoms with Gasteiger partial charge < -0.3 is 35.5 Å². The molecule has 0 saturated carbocycles. The molecule has 0 aliphatic heterocycles. The number of fused-ring (bicyclic) bond motifs is 1. The number of hydrogen-bond donors (Lipinski definition) is 4. The number of carbonyl (C=O) groups is 3. The zero-order valence-electron chi connectivity index (χ0n) is 27.0. The van der Waals surface area contributed by atoms with Crippen molar-refractivity contribution in [3.63, 3.8) is 0 Å². The number of phenolic OH excluding ortho intramolecular Hbond substituents is 1. The molecule has 242 valence electrons. The van der Waals surface area contributed by atoms with Crippen molar-refractivity contribution in [2.45, 2.75) is 79.0 Å². The van der Waals surface area contributed by atoms with Crippen LogP contribution in [-0.2, 0) is 32.0 Å². The van der Waals surface area contributed by atoms with E-state index in [2.05, 4.69) is 16.7 Å². The SMILES string of the molecule is CC(=O)OCC(C)(C)Cn1cc(C#N)c2ccc(-c3cc(O)cc(CC(NC(=O)OC(C)(C)C)C(=O)NCCCCN)c3)cc21. The molecule has 1 unspecified atom stereocenters. The van der Waals surface area contributed by atoms with Gasteiger partial charge in [0.1, 0.15) is 23.5 Å². The minimum Gasteiger partial charge on any atom is -0.508 e. The van der Waals surface area contributed by atoms with Crippen molar-refractivity contribution in [1.82, 2.24) is 15.2 Å². The summed E-state index contributed by atoms with van der Waals surface area (Å²) in [6.07, 6.45) is 2.63. The maximum absolute atomic E-state index is 13.1. The number of aromatic nitrogens is 1. The fraction of sp³-hybridized carbons (Fsp3) is 0.471. The van der Waals surface area contributed by atoms with Gasteiger partial charge in [0.05, 0.1) is 17.7 Å². The number of ether oxygens (including phenoxy) is 2. The van der Waals surface area contributed by atoms with Gasteiger partial charge in [-0.2, -0.15) is 5.26 Å². The molecule has 1 aromatic heterocycles. The van der Waals surface area contributed by atoms with Gasteiger partial charge in [0, 0.05) is 43.4 Å². The van der Waals surface area contributed by atoms with Crippen LogP contribution in [0.1, 0.15) is 65.5 Å². The van der Waals surface area contributed by atoms with E-state index in [9.17, 15) is 24.8 Å². The van der Waals surface area contributed by atoms with Crippen LogP contribution in [0.3, 0.4) is 0 Å². The van der Waals surface area contributed by atoms with E-state index in [0.29, 0.717) is 42.7 Å². The van der Waals surface area contributed by atoms with Crippen LogP contribution >= 0.6 is 0 Å². The number of unbranched alkanes of at least 4 members (excludes halogenated alkanes) is 1. The molecule has 3 rings (SSSR count). The lowest BCUT2D eigenvalue weighted by Gasteiger charge is -2.25. The monoisotopic (exact) mass is 619 g/mol. The molecule has 0 aliphatic rings. The van der Waals surface area contributed by atoms with E-state index in [1.165, 1.54) is 6.92 Å². The maximum atomic E-state index is 13.1. The first-order chi connectivity index (χ1) is 21.1. The lowest BCUT2D eigenvalue weighted by molar-refractivity contribution is -0.144. The lowest BCUT2D eigenvalue weighted by atomic mass is 9.94. The summed E-state index contributed by atoms with van der Waals surface area (Å²) in [7, 11) is 0. The Labute approximate surface area is 264 Å². The van der Waals surface area contributed by atoms with Crippen molar-refractivity contribution >= 4 is 28.9 Å². The highest BCUT2D eigenvalue weighted by atomic mass is 16.6. The molecule has 0 spiro atoms. The van der Waals surface area contributed by atoms with E-state index in [1.54, 1.807) is 39.1 Å². The molecule has 0 aliphatic carbocycles. The molecule has 0 fully saturated rings. The summed E-state index contributed by atoms with van der Waals surface area (Å²) >= 11 is 0. The summed E-state index contributed by atoms with van der Waals surface area (Å²) < 4.78 is 12.6. The summed E-state index contributed by atoms with van der Waals surface area (Å²) in [4.78, 5) is 37.2. The number of rotatable bonds is 13. The third kappa shape index (κ3) is 10.5. The number of aromatic hydroxyl groups is 1. The minimum atomic E-state index is -0.954.